The Balaban J connectivity index is 1.49. The first-order chi connectivity index (χ1) is 10.9. The fraction of sp³-hybridized carbons (Fsp3) is 0.765. The molecule has 2 N–H and O–H groups in total. The second-order valence-corrected chi connectivity index (χ2v) is 8.65. The number of rotatable bonds is 5. The van der Waals surface area contributed by atoms with E-state index in [-0.39, 0.29) is 11.5 Å². The molecular weight excluding hydrogens is 308 g/mol. The van der Waals surface area contributed by atoms with E-state index in [4.69, 9.17) is 0 Å². The number of hydrogen-bond acceptors (Lipinski definition) is 5. The average molecular weight is 337 g/mol. The lowest BCUT2D eigenvalue weighted by molar-refractivity contribution is 0.0648. The van der Waals surface area contributed by atoms with Crippen molar-refractivity contribution in [2.75, 3.05) is 11.9 Å². The van der Waals surface area contributed by atoms with Crippen molar-refractivity contribution in [1.82, 2.24) is 14.6 Å². The summed E-state index contributed by atoms with van der Waals surface area (Å²) in [5.74, 6) is 0.494. The maximum absolute atomic E-state index is 10.0. The molecule has 0 radical (unpaired) electrons. The molecule has 2 heterocycles. The SMILES string of the molecule is CC(C)(C)c1cn2nc(NCCCC3CCCCC3O)sc2n1. The molecule has 6 heteroatoms. The van der Waals surface area contributed by atoms with Crippen molar-refractivity contribution >= 4 is 21.4 Å². The highest BCUT2D eigenvalue weighted by molar-refractivity contribution is 7.20. The zero-order valence-electron chi connectivity index (χ0n) is 14.4. The van der Waals surface area contributed by atoms with Crippen LogP contribution in [0.4, 0.5) is 5.13 Å². The first kappa shape index (κ1) is 16.7. The van der Waals surface area contributed by atoms with Crippen LogP contribution in [0.15, 0.2) is 6.20 Å². The minimum Gasteiger partial charge on any atom is -0.393 e. The molecule has 3 rings (SSSR count). The van der Waals surface area contributed by atoms with E-state index in [1.807, 2.05) is 10.7 Å². The highest BCUT2D eigenvalue weighted by atomic mass is 32.1. The summed E-state index contributed by atoms with van der Waals surface area (Å²) in [6, 6.07) is 0. The summed E-state index contributed by atoms with van der Waals surface area (Å²) < 4.78 is 1.87. The molecule has 0 aromatic carbocycles. The average Bonchev–Trinajstić information content (AvgIpc) is 3.03. The lowest BCUT2D eigenvalue weighted by atomic mass is 9.83. The maximum atomic E-state index is 10.0. The van der Waals surface area contributed by atoms with Crippen LogP contribution in [-0.4, -0.2) is 32.4 Å². The predicted molar refractivity (Wildman–Crippen MR) is 95.3 cm³/mol. The molecule has 2 aromatic heterocycles. The largest absolute Gasteiger partial charge is 0.393 e. The van der Waals surface area contributed by atoms with Crippen LogP contribution in [0, 0.1) is 5.92 Å². The quantitative estimate of drug-likeness (QED) is 0.815. The molecule has 1 fully saturated rings. The molecule has 2 atom stereocenters. The Hall–Kier alpha value is -1.14. The van der Waals surface area contributed by atoms with Crippen LogP contribution in [0.2, 0.25) is 0 Å². The molecule has 0 saturated heterocycles. The summed E-state index contributed by atoms with van der Waals surface area (Å²) in [5.41, 5.74) is 1.14. The molecule has 1 aliphatic carbocycles. The lowest BCUT2D eigenvalue weighted by Crippen LogP contribution is -2.24. The second kappa shape index (κ2) is 6.77. The second-order valence-electron chi connectivity index (χ2n) is 7.69. The van der Waals surface area contributed by atoms with E-state index in [0.29, 0.717) is 5.92 Å². The molecule has 0 aliphatic heterocycles. The van der Waals surface area contributed by atoms with Crippen LogP contribution >= 0.6 is 11.3 Å². The Kier molecular flexibility index (Phi) is 4.92. The first-order valence-corrected chi connectivity index (χ1v) is 9.54. The van der Waals surface area contributed by atoms with Crippen LogP contribution in [0.25, 0.3) is 4.96 Å². The lowest BCUT2D eigenvalue weighted by Gasteiger charge is -2.27. The molecule has 1 aliphatic rings. The van der Waals surface area contributed by atoms with Gasteiger partial charge in [0.1, 0.15) is 0 Å². The predicted octanol–water partition coefficient (Wildman–Crippen LogP) is 3.83. The van der Waals surface area contributed by atoms with Gasteiger partial charge in [-0.15, -0.1) is 5.10 Å². The molecule has 128 valence electrons. The van der Waals surface area contributed by atoms with Gasteiger partial charge < -0.3 is 10.4 Å². The van der Waals surface area contributed by atoms with Crippen molar-refractivity contribution in [3.8, 4) is 0 Å². The van der Waals surface area contributed by atoms with Crippen LogP contribution in [0.3, 0.4) is 0 Å². The van der Waals surface area contributed by atoms with Gasteiger partial charge in [0.05, 0.1) is 18.0 Å². The van der Waals surface area contributed by atoms with Crippen LogP contribution < -0.4 is 5.32 Å². The molecule has 0 amide bonds. The Morgan fingerprint density at radius 3 is 2.83 bits per heavy atom. The minimum atomic E-state index is -0.0808. The Labute approximate surface area is 142 Å². The standard InChI is InChI=1S/C17H28N4OS/c1-17(2,3)14-11-21-16(19-14)23-15(20-21)18-10-6-8-12-7-4-5-9-13(12)22/h11-13,22H,4-10H2,1-3H3,(H,18,20). The summed E-state index contributed by atoms with van der Waals surface area (Å²) in [6.45, 7) is 7.40. The van der Waals surface area contributed by atoms with Crippen molar-refractivity contribution < 1.29 is 5.11 Å². The summed E-state index contributed by atoms with van der Waals surface area (Å²) in [5, 5.41) is 18.9. The maximum Gasteiger partial charge on any atom is 0.214 e. The van der Waals surface area contributed by atoms with Gasteiger partial charge in [0, 0.05) is 12.0 Å². The Bertz CT molecular complexity index is 611. The van der Waals surface area contributed by atoms with Crippen LogP contribution in [-0.2, 0) is 5.41 Å². The minimum absolute atomic E-state index is 0.0574. The molecule has 0 spiro atoms. The fourth-order valence-electron chi connectivity index (χ4n) is 3.22. The van der Waals surface area contributed by atoms with Crippen molar-refractivity contribution in [3.05, 3.63) is 11.9 Å². The van der Waals surface area contributed by atoms with Gasteiger partial charge in [-0.25, -0.2) is 9.50 Å². The van der Waals surface area contributed by atoms with Gasteiger partial charge in [-0.05, 0) is 31.6 Å². The number of aliphatic hydroxyl groups is 1. The van der Waals surface area contributed by atoms with Gasteiger partial charge in [0.2, 0.25) is 10.1 Å². The number of fused-ring (bicyclic) bond motifs is 1. The number of anilines is 1. The first-order valence-electron chi connectivity index (χ1n) is 8.72. The van der Waals surface area contributed by atoms with E-state index >= 15 is 0 Å². The van der Waals surface area contributed by atoms with Crippen molar-refractivity contribution in [2.45, 2.75) is 70.8 Å². The van der Waals surface area contributed by atoms with E-state index in [9.17, 15) is 5.11 Å². The Morgan fingerprint density at radius 1 is 1.35 bits per heavy atom. The number of nitrogens with zero attached hydrogens (tertiary/aromatic N) is 3. The van der Waals surface area contributed by atoms with Crippen LogP contribution in [0.5, 0.6) is 0 Å². The van der Waals surface area contributed by atoms with E-state index in [1.165, 1.54) is 19.3 Å². The van der Waals surface area contributed by atoms with Gasteiger partial charge in [0.25, 0.3) is 0 Å². The van der Waals surface area contributed by atoms with Gasteiger partial charge in [-0.3, -0.25) is 0 Å². The third kappa shape index (κ3) is 4.04. The summed E-state index contributed by atoms with van der Waals surface area (Å²) in [6.07, 6.45) is 8.75. The number of aromatic nitrogens is 3. The number of hydrogen-bond donors (Lipinski definition) is 2. The van der Waals surface area contributed by atoms with Gasteiger partial charge in [-0.2, -0.15) is 0 Å². The monoisotopic (exact) mass is 336 g/mol. The molecule has 0 bridgehead atoms. The van der Waals surface area contributed by atoms with Gasteiger partial charge in [0.15, 0.2) is 0 Å². The Morgan fingerprint density at radius 2 is 2.13 bits per heavy atom. The topological polar surface area (TPSA) is 62.5 Å². The molecule has 23 heavy (non-hydrogen) atoms. The smallest absolute Gasteiger partial charge is 0.214 e. The number of aliphatic hydroxyl groups excluding tert-OH is 1. The highest BCUT2D eigenvalue weighted by Crippen LogP contribution is 2.28. The normalized spacial score (nSPS) is 22.6. The van der Waals surface area contributed by atoms with Gasteiger partial charge in [-0.1, -0.05) is 44.9 Å². The number of nitrogens with one attached hydrogen (secondary N) is 1. The van der Waals surface area contributed by atoms with Crippen molar-refractivity contribution in [2.24, 2.45) is 5.92 Å². The van der Waals surface area contributed by atoms with Crippen molar-refractivity contribution in [3.63, 3.8) is 0 Å². The fourth-order valence-corrected chi connectivity index (χ4v) is 4.02. The third-order valence-corrected chi connectivity index (χ3v) is 5.59. The zero-order valence-corrected chi connectivity index (χ0v) is 15.2. The molecule has 2 unspecified atom stereocenters. The third-order valence-electron chi connectivity index (χ3n) is 4.71. The van der Waals surface area contributed by atoms with E-state index < -0.39 is 0 Å². The molecule has 5 nitrogen and oxygen atoms in total. The van der Waals surface area contributed by atoms with Crippen molar-refractivity contribution in [1.29, 1.82) is 0 Å². The zero-order chi connectivity index (χ0) is 16.4. The van der Waals surface area contributed by atoms with Gasteiger partial charge >= 0.3 is 0 Å². The van der Waals surface area contributed by atoms with Crippen LogP contribution in [0.1, 0.15) is 65.0 Å². The van der Waals surface area contributed by atoms with E-state index in [2.05, 4.69) is 36.2 Å². The number of imidazole rings is 1. The summed E-state index contributed by atoms with van der Waals surface area (Å²) in [7, 11) is 0. The van der Waals surface area contributed by atoms with E-state index in [1.54, 1.807) is 11.3 Å². The summed E-state index contributed by atoms with van der Waals surface area (Å²) in [4.78, 5) is 5.61. The molecular formula is C17H28N4OS. The summed E-state index contributed by atoms with van der Waals surface area (Å²) >= 11 is 1.60. The molecule has 1 saturated carbocycles. The molecule has 2 aromatic rings. The van der Waals surface area contributed by atoms with E-state index in [0.717, 1.165) is 41.6 Å². The highest BCUT2D eigenvalue weighted by Gasteiger charge is 2.22.